The van der Waals surface area contributed by atoms with Gasteiger partial charge < -0.3 is 0 Å². The summed E-state index contributed by atoms with van der Waals surface area (Å²) in [6, 6.07) is 7.35. The molecule has 1 aliphatic rings. The highest BCUT2D eigenvalue weighted by Gasteiger charge is 2.05. The van der Waals surface area contributed by atoms with Gasteiger partial charge in [0.1, 0.15) is 17.7 Å². The maximum Gasteiger partial charge on any atom is 0.155 e. The van der Waals surface area contributed by atoms with E-state index in [0.717, 1.165) is 10.8 Å². The van der Waals surface area contributed by atoms with Gasteiger partial charge in [-0.05, 0) is 23.8 Å². The molecule has 0 atom stereocenters. The first-order valence-corrected chi connectivity index (χ1v) is 4.36. The smallest absolute Gasteiger partial charge is 0.155 e. The van der Waals surface area contributed by atoms with Crippen molar-refractivity contribution in [1.82, 2.24) is 4.98 Å². The molecular formula is C11H6N4. The minimum absolute atomic E-state index is 0.0944. The second-order valence-corrected chi connectivity index (χ2v) is 3.00. The van der Waals surface area contributed by atoms with Crippen LogP contribution in [0.2, 0.25) is 0 Å². The zero-order chi connectivity index (χ0) is 10.7. The van der Waals surface area contributed by atoms with Gasteiger partial charge in [0.2, 0.25) is 0 Å². The van der Waals surface area contributed by atoms with Crippen molar-refractivity contribution in [3.63, 3.8) is 0 Å². The zero-order valence-electron chi connectivity index (χ0n) is 7.81. The second-order valence-electron chi connectivity index (χ2n) is 3.00. The van der Waals surface area contributed by atoms with Gasteiger partial charge in [0, 0.05) is 11.4 Å². The molecule has 0 fully saturated rings. The van der Waals surface area contributed by atoms with Crippen molar-refractivity contribution in [2.45, 2.75) is 0 Å². The van der Waals surface area contributed by atoms with Gasteiger partial charge in [-0.3, -0.25) is 4.99 Å². The molecule has 0 amide bonds. The molecule has 0 bridgehead atoms. The first-order chi connectivity index (χ1) is 7.35. The molecule has 4 nitrogen and oxygen atoms in total. The molecule has 1 aliphatic heterocycles. The van der Waals surface area contributed by atoms with Crippen molar-refractivity contribution in [3.05, 3.63) is 40.7 Å². The van der Waals surface area contributed by atoms with Crippen LogP contribution in [0.25, 0.3) is 5.57 Å². The Labute approximate surface area is 86.1 Å². The van der Waals surface area contributed by atoms with Crippen LogP contribution in [-0.4, -0.2) is 11.5 Å². The number of fused-ring (bicyclic) bond motifs is 1. The monoisotopic (exact) mass is 194 g/mol. The fourth-order valence-electron chi connectivity index (χ4n) is 1.41. The highest BCUT2D eigenvalue weighted by molar-refractivity contribution is 5.64. The van der Waals surface area contributed by atoms with Gasteiger partial charge in [-0.2, -0.15) is 10.5 Å². The zero-order valence-corrected chi connectivity index (χ0v) is 7.81. The summed E-state index contributed by atoms with van der Waals surface area (Å²) in [7, 11) is 0. The van der Waals surface area contributed by atoms with Crippen molar-refractivity contribution in [3.8, 4) is 12.1 Å². The molecule has 4 heteroatoms. The lowest BCUT2D eigenvalue weighted by atomic mass is 10.1. The Hall–Kier alpha value is -2.46. The van der Waals surface area contributed by atoms with Gasteiger partial charge in [0.15, 0.2) is 5.49 Å². The van der Waals surface area contributed by atoms with Crippen LogP contribution in [0.3, 0.4) is 0 Å². The number of allylic oxidation sites excluding steroid dienone is 1. The number of nitriles is 2. The van der Waals surface area contributed by atoms with Crippen molar-refractivity contribution in [2.24, 2.45) is 4.99 Å². The number of aromatic nitrogens is 1. The fraction of sp³-hybridized carbons (Fsp3) is 0.0909. The third-order valence-electron chi connectivity index (χ3n) is 2.09. The first kappa shape index (κ1) is 9.11. The van der Waals surface area contributed by atoms with E-state index in [0.29, 0.717) is 12.0 Å². The highest BCUT2D eigenvalue weighted by atomic mass is 14.8. The molecule has 0 saturated carbocycles. The van der Waals surface area contributed by atoms with Crippen LogP contribution in [-0.2, 0) is 0 Å². The molecule has 70 valence electrons. The molecule has 0 aromatic carbocycles. The van der Waals surface area contributed by atoms with Crippen molar-refractivity contribution in [2.75, 3.05) is 6.54 Å². The standard InChI is InChI=1S/C11H6N4/c12-5-8(6-13)4-9-7-15-11-10(9)2-1-3-14-11/h1-4H,7H2. The number of hydrogen-bond acceptors (Lipinski definition) is 4. The molecular weight excluding hydrogens is 188 g/mol. The van der Waals surface area contributed by atoms with E-state index in [4.69, 9.17) is 10.5 Å². The molecule has 0 N–H and O–H groups in total. The van der Waals surface area contributed by atoms with Gasteiger partial charge in [0.25, 0.3) is 0 Å². The first-order valence-electron chi connectivity index (χ1n) is 4.36. The Morgan fingerprint density at radius 3 is 2.93 bits per heavy atom. The summed E-state index contributed by atoms with van der Waals surface area (Å²) in [5.41, 5.74) is 1.65. The van der Waals surface area contributed by atoms with Crippen LogP contribution in [0.4, 0.5) is 0 Å². The Morgan fingerprint density at radius 1 is 1.40 bits per heavy atom. The predicted molar refractivity (Wildman–Crippen MR) is 52.6 cm³/mol. The number of nitrogens with zero attached hydrogens (tertiary/aromatic N) is 4. The lowest BCUT2D eigenvalue weighted by molar-refractivity contribution is 1.09. The topological polar surface area (TPSA) is 72.8 Å². The molecule has 2 heterocycles. The van der Waals surface area contributed by atoms with E-state index in [9.17, 15) is 0 Å². The Morgan fingerprint density at radius 2 is 2.20 bits per heavy atom. The average Bonchev–Trinajstić information content (AvgIpc) is 2.69. The van der Waals surface area contributed by atoms with Crippen LogP contribution >= 0.6 is 0 Å². The van der Waals surface area contributed by atoms with E-state index in [-0.39, 0.29) is 5.57 Å². The normalized spacial score (nSPS) is 12.0. The van der Waals surface area contributed by atoms with Crippen molar-refractivity contribution in [1.29, 1.82) is 10.5 Å². The number of rotatable bonds is 1. The number of hydrogen-bond donors (Lipinski definition) is 0. The molecule has 1 aromatic heterocycles. The SMILES string of the molecule is N#CC(C#N)=CC1=c2cccnc2=NC1. The summed E-state index contributed by atoms with van der Waals surface area (Å²) in [4.78, 5) is 8.28. The maximum absolute atomic E-state index is 8.63. The molecule has 1 aromatic rings. The molecule has 0 unspecified atom stereocenters. The van der Waals surface area contributed by atoms with Crippen LogP contribution < -0.4 is 10.7 Å². The van der Waals surface area contributed by atoms with E-state index in [1.807, 2.05) is 24.3 Å². The molecule has 0 saturated heterocycles. The fourth-order valence-corrected chi connectivity index (χ4v) is 1.41. The van der Waals surface area contributed by atoms with Gasteiger partial charge in [-0.1, -0.05) is 0 Å². The molecule has 0 spiro atoms. The molecule has 0 radical (unpaired) electrons. The summed E-state index contributed by atoms with van der Waals surface area (Å²) in [5, 5.41) is 18.2. The third kappa shape index (κ3) is 1.61. The molecule has 15 heavy (non-hydrogen) atoms. The highest BCUT2D eigenvalue weighted by Crippen LogP contribution is 2.03. The number of pyridine rings is 1. The van der Waals surface area contributed by atoms with Gasteiger partial charge in [-0.25, -0.2) is 4.98 Å². The quantitative estimate of drug-likeness (QED) is 0.583. The largest absolute Gasteiger partial charge is 0.261 e. The van der Waals surface area contributed by atoms with E-state index >= 15 is 0 Å². The van der Waals surface area contributed by atoms with Gasteiger partial charge >= 0.3 is 0 Å². The van der Waals surface area contributed by atoms with Crippen LogP contribution in [0.1, 0.15) is 0 Å². The third-order valence-corrected chi connectivity index (χ3v) is 2.09. The van der Waals surface area contributed by atoms with E-state index in [1.165, 1.54) is 0 Å². The Balaban J connectivity index is 2.63. The van der Waals surface area contributed by atoms with E-state index in [1.54, 1.807) is 12.3 Å². The Kier molecular flexibility index (Phi) is 2.26. The minimum atomic E-state index is 0.0944. The predicted octanol–water partition coefficient (Wildman–Crippen LogP) is -0.161. The van der Waals surface area contributed by atoms with E-state index in [2.05, 4.69) is 9.98 Å². The summed E-state index contributed by atoms with van der Waals surface area (Å²) in [5.74, 6) is 0. The second kappa shape index (κ2) is 3.73. The summed E-state index contributed by atoms with van der Waals surface area (Å²) in [6.45, 7) is 0.485. The summed E-state index contributed by atoms with van der Waals surface area (Å²) >= 11 is 0. The van der Waals surface area contributed by atoms with Gasteiger partial charge in [0.05, 0.1) is 6.54 Å². The maximum atomic E-state index is 8.63. The lowest BCUT2D eigenvalue weighted by Crippen LogP contribution is -2.25. The lowest BCUT2D eigenvalue weighted by Gasteiger charge is -1.89. The summed E-state index contributed by atoms with van der Waals surface area (Å²) in [6.07, 6.45) is 3.24. The van der Waals surface area contributed by atoms with E-state index < -0.39 is 0 Å². The van der Waals surface area contributed by atoms with Crippen molar-refractivity contribution >= 4 is 5.57 Å². The summed E-state index contributed by atoms with van der Waals surface area (Å²) < 4.78 is 0. The molecule has 0 aliphatic carbocycles. The Bertz CT molecular complexity index is 610. The van der Waals surface area contributed by atoms with Crippen LogP contribution in [0.5, 0.6) is 0 Å². The van der Waals surface area contributed by atoms with Crippen LogP contribution in [0, 0.1) is 22.7 Å². The van der Waals surface area contributed by atoms with Gasteiger partial charge in [-0.15, -0.1) is 0 Å². The minimum Gasteiger partial charge on any atom is -0.261 e. The van der Waals surface area contributed by atoms with Crippen molar-refractivity contribution < 1.29 is 0 Å². The van der Waals surface area contributed by atoms with Crippen LogP contribution in [0.15, 0.2) is 35.0 Å². The molecule has 2 rings (SSSR count). The average molecular weight is 194 g/mol.